The largest absolute Gasteiger partial charge is 0.416 e. The summed E-state index contributed by atoms with van der Waals surface area (Å²) in [5, 5.41) is 36.2. The number of oxime groups is 1. The van der Waals surface area contributed by atoms with E-state index in [1.54, 1.807) is 26.0 Å². The molecule has 1 aromatic rings. The Bertz CT molecular complexity index is 940. The summed E-state index contributed by atoms with van der Waals surface area (Å²) in [5.74, 6) is 0.318. The van der Waals surface area contributed by atoms with Crippen LogP contribution < -0.4 is 10.9 Å². The van der Waals surface area contributed by atoms with Gasteiger partial charge in [-0.15, -0.1) is 5.16 Å². The number of nitrogens with zero attached hydrogens (tertiary/aromatic N) is 5. The van der Waals surface area contributed by atoms with E-state index >= 15 is 0 Å². The maximum atomic E-state index is 11.0. The fourth-order valence-electron chi connectivity index (χ4n) is 2.78. The van der Waals surface area contributed by atoms with Crippen molar-refractivity contribution in [3.8, 4) is 0 Å². The van der Waals surface area contributed by atoms with Gasteiger partial charge in [0.15, 0.2) is 5.84 Å². The van der Waals surface area contributed by atoms with Crippen molar-refractivity contribution in [1.82, 2.24) is 25.9 Å². The Morgan fingerprint density at radius 1 is 1.35 bits per heavy atom. The van der Waals surface area contributed by atoms with Gasteiger partial charge in [-0.3, -0.25) is 5.21 Å². The zero-order chi connectivity index (χ0) is 25.5. The summed E-state index contributed by atoms with van der Waals surface area (Å²) >= 11 is 0. The van der Waals surface area contributed by atoms with Gasteiger partial charge in [-0.05, 0) is 51.3 Å². The van der Waals surface area contributed by atoms with Gasteiger partial charge in [0.2, 0.25) is 0 Å². The second-order valence-corrected chi connectivity index (χ2v) is 7.31. The summed E-state index contributed by atoms with van der Waals surface area (Å²) in [6.07, 6.45) is 8.35. The zero-order valence-electron chi connectivity index (χ0n) is 20.5. The number of rotatable bonds is 14. The van der Waals surface area contributed by atoms with E-state index in [0.717, 1.165) is 10.6 Å². The molecule has 34 heavy (non-hydrogen) atoms. The molecule has 0 amide bonds. The van der Waals surface area contributed by atoms with E-state index in [9.17, 15) is 5.21 Å². The molecule has 1 unspecified atom stereocenters. The first-order valence-corrected chi connectivity index (χ1v) is 11.0. The fourth-order valence-corrected chi connectivity index (χ4v) is 2.78. The van der Waals surface area contributed by atoms with E-state index in [1.165, 1.54) is 18.8 Å². The van der Waals surface area contributed by atoms with Crippen molar-refractivity contribution in [2.45, 2.75) is 53.5 Å². The quantitative estimate of drug-likeness (QED) is 0.0691. The molecule has 11 heteroatoms. The number of amidine groups is 1. The average molecular weight is 473 g/mol. The normalized spacial score (nSPS) is 13.4. The van der Waals surface area contributed by atoms with Crippen LogP contribution in [0.15, 0.2) is 46.6 Å². The predicted molar refractivity (Wildman–Crippen MR) is 134 cm³/mol. The summed E-state index contributed by atoms with van der Waals surface area (Å²) in [6.45, 7) is 14.4. The first-order valence-electron chi connectivity index (χ1n) is 11.0. The van der Waals surface area contributed by atoms with Gasteiger partial charge in [0.1, 0.15) is 12.6 Å². The van der Waals surface area contributed by atoms with Crippen LogP contribution in [0.25, 0.3) is 6.08 Å². The molecule has 186 valence electrons. The molecule has 0 bridgehead atoms. The molecular weight excluding hydrogens is 436 g/mol. The monoisotopic (exact) mass is 472 g/mol. The summed E-state index contributed by atoms with van der Waals surface area (Å²) < 4.78 is 0. The molecule has 0 fully saturated rings. The second-order valence-electron chi connectivity index (χ2n) is 7.31. The maximum Gasteiger partial charge on any atom is 0.155 e. The summed E-state index contributed by atoms with van der Waals surface area (Å²) in [5.41, 5.74) is 9.04. The van der Waals surface area contributed by atoms with Crippen LogP contribution in [0.4, 0.5) is 0 Å². The third-order valence-corrected chi connectivity index (χ3v) is 4.90. The first kappa shape index (κ1) is 28.5. The molecule has 0 aliphatic carbocycles. The predicted octanol–water partition coefficient (Wildman–Crippen LogP) is 3.21. The Labute approximate surface area is 201 Å². The van der Waals surface area contributed by atoms with E-state index in [0.29, 0.717) is 47.9 Å². The number of aromatic nitrogens is 2. The van der Waals surface area contributed by atoms with E-state index in [4.69, 9.17) is 15.5 Å². The number of nitrogens with one attached hydrogen (secondary N) is 3. The zero-order valence-corrected chi connectivity index (χ0v) is 20.5. The van der Waals surface area contributed by atoms with Crippen LogP contribution in [0.5, 0.6) is 0 Å². The van der Waals surface area contributed by atoms with Crippen LogP contribution in [0.3, 0.4) is 0 Å². The minimum absolute atomic E-state index is 0.187. The molecule has 5 N–H and O–H groups in total. The van der Waals surface area contributed by atoms with E-state index < -0.39 is 6.04 Å². The number of hydroxylamine groups is 3. The molecule has 0 aliphatic heterocycles. The van der Waals surface area contributed by atoms with E-state index in [1.807, 2.05) is 20.8 Å². The Hall–Kier alpha value is -3.57. The Balaban J connectivity index is 3.10. The minimum atomic E-state index is -0.630. The number of hydrogen-bond acceptors (Lipinski definition) is 10. The average Bonchev–Trinajstić information content (AvgIpc) is 2.84. The summed E-state index contributed by atoms with van der Waals surface area (Å²) in [6, 6.07) is -0.630. The molecule has 0 saturated heterocycles. The number of hydrogen-bond donors (Lipinski definition) is 5. The lowest BCUT2D eigenvalue weighted by Gasteiger charge is -2.28. The lowest BCUT2D eigenvalue weighted by molar-refractivity contribution is -0.0372. The second kappa shape index (κ2) is 15.3. The number of allylic oxidation sites excluding steroid dienone is 2. The molecule has 1 heterocycles. The highest BCUT2D eigenvalue weighted by Gasteiger charge is 2.23. The van der Waals surface area contributed by atoms with Crippen molar-refractivity contribution in [3.05, 3.63) is 53.3 Å². The van der Waals surface area contributed by atoms with Gasteiger partial charge in [0.05, 0.1) is 29.6 Å². The molecule has 11 nitrogen and oxygen atoms in total. The molecule has 1 rings (SSSR count). The van der Waals surface area contributed by atoms with Crippen molar-refractivity contribution < 1.29 is 15.3 Å². The van der Waals surface area contributed by atoms with Crippen LogP contribution in [0.1, 0.15) is 51.1 Å². The molecule has 0 spiro atoms. The van der Waals surface area contributed by atoms with Crippen molar-refractivity contribution in [1.29, 1.82) is 5.41 Å². The first-order chi connectivity index (χ1) is 16.3. The standard InChI is InChI=1S/C23H36N8O3/c1-7-27-30-22(14-21-18(5)20(25-15-26-21)11-13-34-29-8-2)31(33)19(6)17(4)23(24)16(3)10-9-12-28-32/h10-13,15,19,24,27,29,32-33H,4,7-9,14H2,1-3,5-6H3/b13-11+,16-10+,24-23?,28-12-,30-22+. The maximum absolute atomic E-state index is 11.0. The highest BCUT2D eigenvalue weighted by atomic mass is 16.6. The van der Waals surface area contributed by atoms with Crippen LogP contribution in [-0.2, 0) is 11.3 Å². The third kappa shape index (κ3) is 8.75. The van der Waals surface area contributed by atoms with Crippen molar-refractivity contribution in [2.75, 3.05) is 13.1 Å². The van der Waals surface area contributed by atoms with E-state index in [-0.39, 0.29) is 12.1 Å². The van der Waals surface area contributed by atoms with Crippen LogP contribution in [0.2, 0.25) is 0 Å². The van der Waals surface area contributed by atoms with Gasteiger partial charge in [-0.2, -0.15) is 10.6 Å². The highest BCUT2D eigenvalue weighted by molar-refractivity contribution is 6.10. The van der Waals surface area contributed by atoms with Gasteiger partial charge < -0.3 is 20.9 Å². The van der Waals surface area contributed by atoms with Crippen molar-refractivity contribution >= 4 is 23.8 Å². The van der Waals surface area contributed by atoms with E-state index in [2.05, 4.69) is 37.7 Å². The van der Waals surface area contributed by atoms with Gasteiger partial charge in [-0.25, -0.2) is 15.0 Å². The molecular formula is C23H36N8O3. The van der Waals surface area contributed by atoms with Crippen molar-refractivity contribution in [2.24, 2.45) is 10.3 Å². The molecule has 0 radical (unpaired) electrons. The lowest BCUT2D eigenvalue weighted by atomic mass is 9.98. The van der Waals surface area contributed by atoms with Gasteiger partial charge in [0.25, 0.3) is 0 Å². The molecule has 1 atom stereocenters. The topological polar surface area (TPSA) is 151 Å². The smallest absolute Gasteiger partial charge is 0.155 e. The molecule has 0 aliphatic rings. The van der Waals surface area contributed by atoms with Gasteiger partial charge in [-0.1, -0.05) is 12.7 Å². The molecule has 1 aromatic heterocycles. The van der Waals surface area contributed by atoms with Gasteiger partial charge in [0, 0.05) is 31.8 Å². The minimum Gasteiger partial charge on any atom is -0.416 e. The highest BCUT2D eigenvalue weighted by Crippen LogP contribution is 2.17. The van der Waals surface area contributed by atoms with Crippen LogP contribution in [-0.4, -0.2) is 62.3 Å². The Morgan fingerprint density at radius 3 is 2.74 bits per heavy atom. The van der Waals surface area contributed by atoms with Crippen molar-refractivity contribution in [3.63, 3.8) is 0 Å². The lowest BCUT2D eigenvalue weighted by Crippen LogP contribution is -2.40. The Kier molecular flexibility index (Phi) is 12.8. The SMILES string of the molecule is C=C(C(=N)/C(C)=C/C/C=N\O)C(C)N(O)/C(Cc1ncnc(/C=C/ONCC)c1C)=N/NCC. The fraction of sp³-hybridized carbons (Fsp3) is 0.435. The number of hydrazone groups is 1. The third-order valence-electron chi connectivity index (χ3n) is 4.90. The van der Waals surface area contributed by atoms with Crippen LogP contribution in [0, 0.1) is 12.3 Å². The molecule has 0 saturated carbocycles. The van der Waals surface area contributed by atoms with Crippen LogP contribution >= 0.6 is 0 Å². The van der Waals surface area contributed by atoms with Gasteiger partial charge >= 0.3 is 0 Å². The molecule has 0 aromatic carbocycles. The Morgan fingerprint density at radius 2 is 2.09 bits per heavy atom. The summed E-state index contributed by atoms with van der Waals surface area (Å²) in [4.78, 5) is 13.8. The summed E-state index contributed by atoms with van der Waals surface area (Å²) in [7, 11) is 0.